The van der Waals surface area contributed by atoms with E-state index in [0.29, 0.717) is 18.2 Å². The number of nitrogens with one attached hydrogen (secondary N) is 1. The molecule has 6 heteroatoms. The molecule has 136 valence electrons. The van der Waals surface area contributed by atoms with E-state index < -0.39 is 11.3 Å². The van der Waals surface area contributed by atoms with Gasteiger partial charge in [-0.2, -0.15) is 0 Å². The summed E-state index contributed by atoms with van der Waals surface area (Å²) >= 11 is -1.62. The Morgan fingerprint density at radius 1 is 1.08 bits per heavy atom. The van der Waals surface area contributed by atoms with Crippen LogP contribution < -0.4 is 9.46 Å². The first kappa shape index (κ1) is 18.4. The molecule has 0 saturated heterocycles. The minimum Gasteiger partial charge on any atom is -0.457 e. The Balaban J connectivity index is 1.66. The molecule has 1 N–H and O–H groups in total. The smallest absolute Gasteiger partial charge is 0.263 e. The predicted octanol–water partition coefficient (Wildman–Crippen LogP) is 5.22. The molecule has 1 aromatic heterocycles. The number of hydrogen-bond acceptors (Lipinski definition) is 4. The summed E-state index contributed by atoms with van der Waals surface area (Å²) in [7, 11) is 0. The fourth-order valence-corrected chi connectivity index (χ4v) is 3.15. The first-order valence-corrected chi connectivity index (χ1v) is 9.77. The zero-order valence-corrected chi connectivity index (χ0v) is 15.5. The molecule has 0 aliphatic rings. The Hall–Kier alpha value is -2.44. The summed E-state index contributed by atoms with van der Waals surface area (Å²) in [5, 5.41) is 2.14. The van der Waals surface area contributed by atoms with Gasteiger partial charge in [0.25, 0.3) is 11.3 Å². The van der Waals surface area contributed by atoms with E-state index in [9.17, 15) is 4.21 Å². The minimum absolute atomic E-state index is 0.441. The Morgan fingerprint density at radius 2 is 1.92 bits per heavy atom. The van der Waals surface area contributed by atoms with Crippen molar-refractivity contribution in [3.8, 4) is 11.5 Å². The summed E-state index contributed by atoms with van der Waals surface area (Å²) in [5.41, 5.74) is 0. The van der Waals surface area contributed by atoms with Crippen LogP contribution >= 0.6 is 0 Å². The van der Waals surface area contributed by atoms with Crippen molar-refractivity contribution in [1.29, 1.82) is 0 Å². The van der Waals surface area contributed by atoms with Crippen LogP contribution in [0.15, 0.2) is 60.8 Å². The molecule has 5 nitrogen and oxygen atoms in total. The fourth-order valence-electron chi connectivity index (χ4n) is 2.54. The van der Waals surface area contributed by atoms with Gasteiger partial charge in [-0.05, 0) is 23.9 Å². The van der Waals surface area contributed by atoms with Crippen molar-refractivity contribution in [3.05, 3.63) is 60.8 Å². The molecular formula is C20H22N2O3S. The van der Waals surface area contributed by atoms with Crippen LogP contribution in [0, 0.1) is 0 Å². The zero-order chi connectivity index (χ0) is 18.2. The number of ether oxygens (including phenoxy) is 1. The third kappa shape index (κ3) is 5.03. The van der Waals surface area contributed by atoms with Gasteiger partial charge in [0.1, 0.15) is 17.3 Å². The van der Waals surface area contributed by atoms with E-state index in [0.717, 1.165) is 35.8 Å². The monoisotopic (exact) mass is 370 g/mol. The van der Waals surface area contributed by atoms with Crippen molar-refractivity contribution in [2.45, 2.75) is 26.2 Å². The first-order valence-electron chi connectivity index (χ1n) is 8.69. The van der Waals surface area contributed by atoms with Gasteiger partial charge in [-0.1, -0.05) is 56.2 Å². The van der Waals surface area contributed by atoms with Crippen molar-refractivity contribution in [2.75, 3.05) is 11.3 Å². The predicted molar refractivity (Wildman–Crippen MR) is 106 cm³/mol. The molecule has 1 atom stereocenters. The minimum atomic E-state index is -1.62. The van der Waals surface area contributed by atoms with Crippen molar-refractivity contribution < 1.29 is 13.1 Å². The summed E-state index contributed by atoms with van der Waals surface area (Å²) in [5.74, 6) is 1.82. The molecule has 1 unspecified atom stereocenters. The van der Waals surface area contributed by atoms with Crippen molar-refractivity contribution in [1.82, 2.24) is 4.98 Å². The normalized spacial score (nSPS) is 12.0. The van der Waals surface area contributed by atoms with Crippen LogP contribution in [0.3, 0.4) is 0 Å². The molecule has 0 spiro atoms. The number of nitrogens with zero attached hydrogens (tertiary/aromatic N) is 1. The van der Waals surface area contributed by atoms with Gasteiger partial charge in [-0.3, -0.25) is 8.91 Å². The van der Waals surface area contributed by atoms with Crippen molar-refractivity contribution >= 4 is 27.9 Å². The second kappa shape index (κ2) is 9.31. The van der Waals surface area contributed by atoms with Crippen molar-refractivity contribution in [2.24, 2.45) is 0 Å². The van der Waals surface area contributed by atoms with E-state index in [-0.39, 0.29) is 0 Å². The lowest BCUT2D eigenvalue weighted by atomic mass is 10.1. The van der Waals surface area contributed by atoms with Crippen LogP contribution in [0.1, 0.15) is 26.2 Å². The topological polar surface area (TPSA) is 60.5 Å². The third-order valence-electron chi connectivity index (χ3n) is 3.84. The summed E-state index contributed by atoms with van der Waals surface area (Å²) < 4.78 is 25.9. The maximum atomic E-state index is 11.9. The van der Waals surface area contributed by atoms with E-state index in [2.05, 4.69) is 16.6 Å². The molecule has 0 saturated carbocycles. The number of hydrogen-bond donors (Lipinski definition) is 1. The number of unbranched alkanes of at least 4 members (excludes halogenated alkanes) is 2. The highest BCUT2D eigenvalue weighted by atomic mass is 32.2. The van der Waals surface area contributed by atoms with Gasteiger partial charge in [0, 0.05) is 17.6 Å². The number of benzene rings is 2. The Bertz CT molecular complexity index is 880. The van der Waals surface area contributed by atoms with Gasteiger partial charge in [-0.25, -0.2) is 9.19 Å². The molecule has 3 aromatic rings. The summed E-state index contributed by atoms with van der Waals surface area (Å²) in [6.45, 7) is 2.57. The fraction of sp³-hybridized carbons (Fsp3) is 0.250. The molecule has 0 fully saturated rings. The van der Waals surface area contributed by atoms with Crippen LogP contribution in [0.5, 0.6) is 11.5 Å². The van der Waals surface area contributed by atoms with Gasteiger partial charge >= 0.3 is 0 Å². The Kier molecular flexibility index (Phi) is 6.57. The standard InChI is InChI=1S/C20H22N2O3S/c1-2-3-6-14-24-26(23)22-20-15-17(12-13-21-20)25-19-11-7-9-16-8-4-5-10-18(16)19/h4-5,7-13,15H,2-3,6,14H2,1H3,(H,21,22). The van der Waals surface area contributed by atoms with Crippen LogP contribution in [-0.2, 0) is 15.4 Å². The lowest BCUT2D eigenvalue weighted by molar-refractivity contribution is 0.337. The molecule has 0 bridgehead atoms. The average Bonchev–Trinajstić information content (AvgIpc) is 2.66. The molecule has 3 rings (SSSR count). The molecule has 0 aliphatic heterocycles. The second-order valence-corrected chi connectivity index (χ2v) is 6.73. The zero-order valence-electron chi connectivity index (χ0n) is 14.7. The van der Waals surface area contributed by atoms with E-state index in [4.69, 9.17) is 8.92 Å². The van der Waals surface area contributed by atoms with Gasteiger partial charge in [0.05, 0.1) is 6.61 Å². The number of fused-ring (bicyclic) bond motifs is 1. The Morgan fingerprint density at radius 3 is 2.81 bits per heavy atom. The highest BCUT2D eigenvalue weighted by molar-refractivity contribution is 7.81. The van der Waals surface area contributed by atoms with Crippen molar-refractivity contribution in [3.63, 3.8) is 0 Å². The van der Waals surface area contributed by atoms with Crippen LogP contribution in [0.2, 0.25) is 0 Å². The van der Waals surface area contributed by atoms with Gasteiger partial charge in [-0.15, -0.1) is 0 Å². The quantitative estimate of drug-likeness (QED) is 0.524. The number of anilines is 1. The van der Waals surface area contributed by atoms with E-state index in [1.165, 1.54) is 0 Å². The summed E-state index contributed by atoms with van der Waals surface area (Å²) in [6.07, 6.45) is 4.65. The maximum absolute atomic E-state index is 11.9. The van der Waals surface area contributed by atoms with Gasteiger partial charge < -0.3 is 4.74 Å². The average molecular weight is 370 g/mol. The van der Waals surface area contributed by atoms with Gasteiger partial charge in [0.15, 0.2) is 0 Å². The number of pyridine rings is 1. The molecule has 1 heterocycles. The lowest BCUT2D eigenvalue weighted by Crippen LogP contribution is -2.10. The van der Waals surface area contributed by atoms with E-state index in [1.807, 2.05) is 42.5 Å². The van der Waals surface area contributed by atoms with Crippen LogP contribution in [0.25, 0.3) is 10.8 Å². The lowest BCUT2D eigenvalue weighted by Gasteiger charge is -2.10. The molecular weight excluding hydrogens is 348 g/mol. The molecule has 26 heavy (non-hydrogen) atoms. The van der Waals surface area contributed by atoms with Gasteiger partial charge in [0.2, 0.25) is 0 Å². The number of aromatic nitrogens is 1. The highest BCUT2D eigenvalue weighted by Crippen LogP contribution is 2.30. The molecule has 0 radical (unpaired) electrons. The first-order chi connectivity index (χ1) is 12.8. The number of rotatable bonds is 9. The Labute approximate surface area is 156 Å². The summed E-state index contributed by atoms with van der Waals surface area (Å²) in [6, 6.07) is 17.4. The molecule has 0 aliphatic carbocycles. The van der Waals surface area contributed by atoms with E-state index in [1.54, 1.807) is 18.3 Å². The highest BCUT2D eigenvalue weighted by Gasteiger charge is 2.06. The second-order valence-electron chi connectivity index (χ2n) is 5.82. The maximum Gasteiger partial charge on any atom is 0.263 e. The van der Waals surface area contributed by atoms with Crippen LogP contribution in [0.4, 0.5) is 5.82 Å². The van der Waals surface area contributed by atoms with Crippen LogP contribution in [-0.4, -0.2) is 15.8 Å². The third-order valence-corrected chi connectivity index (χ3v) is 4.59. The SMILES string of the molecule is CCCCCOS(=O)Nc1cc(Oc2cccc3ccccc23)ccn1. The summed E-state index contributed by atoms with van der Waals surface area (Å²) in [4.78, 5) is 4.16. The molecule has 0 amide bonds. The molecule has 2 aromatic carbocycles. The largest absolute Gasteiger partial charge is 0.457 e. The van der Waals surface area contributed by atoms with E-state index >= 15 is 0 Å².